The van der Waals surface area contributed by atoms with Gasteiger partial charge in [-0.2, -0.15) is 0 Å². The van der Waals surface area contributed by atoms with E-state index in [1.165, 1.54) is 6.07 Å². The van der Waals surface area contributed by atoms with Gasteiger partial charge in [-0.3, -0.25) is 4.90 Å². The number of nitrogens with zero attached hydrogens (tertiary/aromatic N) is 1. The molecule has 18 heavy (non-hydrogen) atoms. The molecule has 1 saturated heterocycles. The van der Waals surface area contributed by atoms with E-state index in [0.29, 0.717) is 13.1 Å². The minimum atomic E-state index is -0.142. The number of likely N-dealkylation sites (N-methyl/N-ethyl adjacent to an activating group) is 1. The Morgan fingerprint density at radius 2 is 2.06 bits per heavy atom. The third-order valence-electron chi connectivity index (χ3n) is 3.37. The smallest absolute Gasteiger partial charge is 0.127 e. The van der Waals surface area contributed by atoms with Crippen LogP contribution >= 0.6 is 0 Å². The van der Waals surface area contributed by atoms with E-state index in [0.717, 1.165) is 24.9 Å². The van der Waals surface area contributed by atoms with Gasteiger partial charge in [0.1, 0.15) is 5.82 Å². The van der Waals surface area contributed by atoms with Crippen molar-refractivity contribution in [2.75, 3.05) is 20.1 Å². The molecule has 2 atom stereocenters. The largest absolute Gasteiger partial charge is 0.372 e. The fourth-order valence-corrected chi connectivity index (χ4v) is 2.42. The van der Waals surface area contributed by atoms with E-state index in [1.54, 1.807) is 6.07 Å². The number of ether oxygens (including phenoxy) is 1. The highest BCUT2D eigenvalue weighted by Crippen LogP contribution is 2.20. The molecule has 1 fully saturated rings. The van der Waals surface area contributed by atoms with Crippen molar-refractivity contribution < 1.29 is 9.13 Å². The summed E-state index contributed by atoms with van der Waals surface area (Å²) in [7, 11) is 1.99. The molecule has 2 unspecified atom stereocenters. The maximum Gasteiger partial charge on any atom is 0.127 e. The summed E-state index contributed by atoms with van der Waals surface area (Å²) in [6, 6.07) is 6.90. The van der Waals surface area contributed by atoms with Gasteiger partial charge in [0.05, 0.1) is 12.2 Å². The molecule has 1 aromatic rings. The number of rotatable bonds is 5. The summed E-state index contributed by atoms with van der Waals surface area (Å²) in [4.78, 5) is 2.10. The van der Waals surface area contributed by atoms with Crippen molar-refractivity contribution in [3.63, 3.8) is 0 Å². The topological polar surface area (TPSA) is 38.5 Å². The zero-order valence-corrected chi connectivity index (χ0v) is 10.8. The van der Waals surface area contributed by atoms with Crippen LogP contribution < -0.4 is 5.73 Å². The van der Waals surface area contributed by atoms with Crippen LogP contribution in [0.4, 0.5) is 4.39 Å². The first-order valence-corrected chi connectivity index (χ1v) is 6.46. The lowest BCUT2D eigenvalue weighted by Gasteiger charge is -2.21. The first-order valence-electron chi connectivity index (χ1n) is 6.46. The lowest BCUT2D eigenvalue weighted by Crippen LogP contribution is -2.30. The average molecular weight is 252 g/mol. The van der Waals surface area contributed by atoms with Gasteiger partial charge in [0, 0.05) is 25.2 Å². The van der Waals surface area contributed by atoms with Crippen LogP contribution in [0.1, 0.15) is 18.4 Å². The molecule has 0 aromatic heterocycles. The Balaban J connectivity index is 1.82. The lowest BCUT2D eigenvalue weighted by molar-refractivity contribution is 0.0304. The maximum absolute atomic E-state index is 13.5. The summed E-state index contributed by atoms with van der Waals surface area (Å²) in [5, 5.41) is 0. The third-order valence-corrected chi connectivity index (χ3v) is 3.37. The molecule has 4 heteroatoms. The summed E-state index contributed by atoms with van der Waals surface area (Å²) < 4.78 is 19.3. The van der Waals surface area contributed by atoms with E-state index < -0.39 is 0 Å². The number of hydrogen-bond donors (Lipinski definition) is 1. The summed E-state index contributed by atoms with van der Waals surface area (Å²) in [5.74, 6) is -0.142. The third kappa shape index (κ3) is 3.51. The molecule has 1 aliphatic rings. The Bertz CT molecular complexity index is 386. The second kappa shape index (κ2) is 6.27. The van der Waals surface area contributed by atoms with Crippen LogP contribution in [0.3, 0.4) is 0 Å². The van der Waals surface area contributed by atoms with Crippen LogP contribution in [-0.4, -0.2) is 37.2 Å². The van der Waals surface area contributed by atoms with Crippen molar-refractivity contribution in [2.24, 2.45) is 5.73 Å². The van der Waals surface area contributed by atoms with Crippen LogP contribution in [0.15, 0.2) is 24.3 Å². The molecule has 0 amide bonds. The van der Waals surface area contributed by atoms with E-state index in [9.17, 15) is 4.39 Å². The monoisotopic (exact) mass is 252 g/mol. The fraction of sp³-hybridized carbons (Fsp3) is 0.571. The quantitative estimate of drug-likeness (QED) is 0.868. The Morgan fingerprint density at radius 1 is 1.33 bits per heavy atom. The van der Waals surface area contributed by atoms with Gasteiger partial charge >= 0.3 is 0 Å². The van der Waals surface area contributed by atoms with Gasteiger partial charge in [0.25, 0.3) is 0 Å². The Hall–Kier alpha value is -0.970. The number of nitrogens with two attached hydrogens (primary N) is 1. The first-order chi connectivity index (χ1) is 8.69. The number of halogens is 1. The highest BCUT2D eigenvalue weighted by Gasteiger charge is 2.25. The van der Waals surface area contributed by atoms with Crippen molar-refractivity contribution in [1.82, 2.24) is 4.90 Å². The minimum absolute atomic E-state index is 0.142. The molecule has 0 spiro atoms. The standard InChI is InChI=1S/C14H21FN2O/c1-17(9-11-4-2-3-5-14(11)15)10-13-7-6-12(8-16)18-13/h2-5,12-13H,6-10,16H2,1H3. The zero-order valence-electron chi connectivity index (χ0n) is 10.8. The van der Waals surface area contributed by atoms with Gasteiger partial charge in [0.2, 0.25) is 0 Å². The van der Waals surface area contributed by atoms with Gasteiger partial charge in [-0.05, 0) is 26.0 Å². The van der Waals surface area contributed by atoms with Crippen molar-refractivity contribution in [2.45, 2.75) is 31.6 Å². The van der Waals surface area contributed by atoms with Crippen LogP contribution in [0.2, 0.25) is 0 Å². The van der Waals surface area contributed by atoms with Crippen molar-refractivity contribution in [3.8, 4) is 0 Å². The molecular formula is C14H21FN2O. The zero-order chi connectivity index (χ0) is 13.0. The van der Waals surface area contributed by atoms with E-state index in [-0.39, 0.29) is 18.0 Å². The Labute approximate surface area is 108 Å². The molecule has 3 nitrogen and oxygen atoms in total. The number of benzene rings is 1. The Kier molecular flexibility index (Phi) is 4.69. The van der Waals surface area contributed by atoms with Gasteiger partial charge in [-0.1, -0.05) is 18.2 Å². The number of hydrogen-bond acceptors (Lipinski definition) is 3. The SMILES string of the molecule is CN(Cc1ccccc1F)CC1CCC(CN)O1. The lowest BCUT2D eigenvalue weighted by atomic mass is 10.1. The molecule has 1 heterocycles. The van der Waals surface area contributed by atoms with E-state index in [1.807, 2.05) is 19.2 Å². The molecule has 2 N–H and O–H groups in total. The first kappa shape index (κ1) is 13.5. The van der Waals surface area contributed by atoms with Gasteiger partial charge in [-0.25, -0.2) is 4.39 Å². The van der Waals surface area contributed by atoms with Crippen LogP contribution in [-0.2, 0) is 11.3 Å². The van der Waals surface area contributed by atoms with E-state index >= 15 is 0 Å². The molecule has 1 aromatic carbocycles. The molecule has 0 aliphatic carbocycles. The average Bonchev–Trinajstić information content (AvgIpc) is 2.80. The fourth-order valence-electron chi connectivity index (χ4n) is 2.42. The molecular weight excluding hydrogens is 231 g/mol. The minimum Gasteiger partial charge on any atom is -0.372 e. The van der Waals surface area contributed by atoms with Crippen molar-refractivity contribution >= 4 is 0 Å². The second-order valence-corrected chi connectivity index (χ2v) is 4.98. The summed E-state index contributed by atoms with van der Waals surface area (Å²) in [6.07, 6.45) is 2.52. The molecule has 0 bridgehead atoms. The molecule has 1 aliphatic heterocycles. The van der Waals surface area contributed by atoms with Crippen LogP contribution in [0, 0.1) is 5.82 Å². The molecule has 0 radical (unpaired) electrons. The molecule has 0 saturated carbocycles. The second-order valence-electron chi connectivity index (χ2n) is 4.98. The highest BCUT2D eigenvalue weighted by atomic mass is 19.1. The predicted octanol–water partition coefficient (Wildman–Crippen LogP) is 1.76. The summed E-state index contributed by atoms with van der Waals surface area (Å²) in [6.45, 7) is 2.03. The Morgan fingerprint density at radius 3 is 2.72 bits per heavy atom. The summed E-state index contributed by atoms with van der Waals surface area (Å²) >= 11 is 0. The van der Waals surface area contributed by atoms with Crippen LogP contribution in [0.25, 0.3) is 0 Å². The van der Waals surface area contributed by atoms with Crippen molar-refractivity contribution in [3.05, 3.63) is 35.6 Å². The molecule has 2 rings (SSSR count). The maximum atomic E-state index is 13.5. The van der Waals surface area contributed by atoms with Gasteiger partial charge < -0.3 is 10.5 Å². The van der Waals surface area contributed by atoms with E-state index in [4.69, 9.17) is 10.5 Å². The van der Waals surface area contributed by atoms with Crippen LogP contribution in [0.5, 0.6) is 0 Å². The van der Waals surface area contributed by atoms with Gasteiger partial charge in [0.15, 0.2) is 0 Å². The molecule has 100 valence electrons. The summed E-state index contributed by atoms with van der Waals surface area (Å²) in [5.41, 5.74) is 6.31. The highest BCUT2D eigenvalue weighted by molar-refractivity contribution is 5.16. The van der Waals surface area contributed by atoms with Crippen molar-refractivity contribution in [1.29, 1.82) is 0 Å². The predicted molar refractivity (Wildman–Crippen MR) is 69.7 cm³/mol. The normalized spacial score (nSPS) is 23.8. The van der Waals surface area contributed by atoms with Gasteiger partial charge in [-0.15, -0.1) is 0 Å². The van der Waals surface area contributed by atoms with E-state index in [2.05, 4.69) is 4.90 Å².